The second-order valence-electron chi connectivity index (χ2n) is 11.1. The van der Waals surface area contributed by atoms with Gasteiger partial charge >= 0.3 is 0 Å². The molecule has 4 aromatic rings. The highest BCUT2D eigenvalue weighted by atomic mass is 16.7. The first-order valence-corrected chi connectivity index (χ1v) is 13.9. The topological polar surface area (TPSA) is 64.0 Å². The zero-order valence-electron chi connectivity index (χ0n) is 23.3. The summed E-state index contributed by atoms with van der Waals surface area (Å²) < 4.78 is 14.6. The molecule has 2 aliphatic heterocycles. The molecule has 1 aromatic heterocycles. The van der Waals surface area contributed by atoms with Gasteiger partial charge in [0.1, 0.15) is 5.75 Å². The van der Waals surface area contributed by atoms with Gasteiger partial charge in [0.2, 0.25) is 12.2 Å². The number of aryl methyl sites for hydroxylation is 1. The Kier molecular flexibility index (Phi) is 7.07. The average molecular weight is 538 g/mol. The number of piperidine rings is 1. The molecule has 0 radical (unpaired) electrons. The second kappa shape index (κ2) is 10.8. The van der Waals surface area contributed by atoms with Crippen LogP contribution in [0.25, 0.3) is 22.0 Å². The van der Waals surface area contributed by atoms with Crippen LogP contribution in [0.4, 0.5) is 0 Å². The number of carbonyl (C=O) groups is 2. The zero-order valence-corrected chi connectivity index (χ0v) is 23.3. The van der Waals surface area contributed by atoms with Gasteiger partial charge in [-0.2, -0.15) is 0 Å². The van der Waals surface area contributed by atoms with E-state index in [1.165, 1.54) is 0 Å². The first-order valence-electron chi connectivity index (χ1n) is 13.9. The molecule has 40 heavy (non-hydrogen) atoms. The number of ether oxygens (including phenoxy) is 2. The summed E-state index contributed by atoms with van der Waals surface area (Å²) >= 11 is 0. The number of para-hydroxylation sites is 1. The van der Waals surface area contributed by atoms with Crippen molar-refractivity contribution in [3.63, 3.8) is 0 Å². The Morgan fingerprint density at radius 3 is 2.42 bits per heavy atom. The van der Waals surface area contributed by atoms with E-state index in [1.807, 2.05) is 54.4 Å². The summed E-state index contributed by atoms with van der Waals surface area (Å²) in [5.74, 6) is 1.27. The Bertz CT molecular complexity index is 1550. The minimum Gasteiger partial charge on any atom is -0.464 e. The highest BCUT2D eigenvalue weighted by molar-refractivity contribution is 5.94. The summed E-state index contributed by atoms with van der Waals surface area (Å²) in [5.41, 5.74) is 6.02. The van der Waals surface area contributed by atoms with Gasteiger partial charge < -0.3 is 23.8 Å². The predicted octanol–water partition coefficient (Wildman–Crippen LogP) is 5.26. The van der Waals surface area contributed by atoms with E-state index in [1.54, 1.807) is 19.0 Å². The Morgan fingerprint density at radius 1 is 0.950 bits per heavy atom. The molecule has 0 bridgehead atoms. The van der Waals surface area contributed by atoms with E-state index >= 15 is 0 Å². The zero-order chi connectivity index (χ0) is 27.8. The van der Waals surface area contributed by atoms with Gasteiger partial charge in [-0.25, -0.2) is 0 Å². The van der Waals surface area contributed by atoms with Gasteiger partial charge in [0.15, 0.2) is 0 Å². The van der Waals surface area contributed by atoms with Crippen LogP contribution in [0, 0.1) is 5.92 Å². The van der Waals surface area contributed by atoms with E-state index in [4.69, 9.17) is 9.47 Å². The minimum atomic E-state index is -0.301. The predicted molar refractivity (Wildman–Crippen MR) is 155 cm³/mol. The molecule has 0 spiro atoms. The van der Waals surface area contributed by atoms with E-state index in [0.29, 0.717) is 18.6 Å². The number of nitrogens with zero attached hydrogens (tertiary/aromatic N) is 3. The summed E-state index contributed by atoms with van der Waals surface area (Å²) in [4.78, 5) is 28.9. The molecule has 206 valence electrons. The summed E-state index contributed by atoms with van der Waals surface area (Å²) in [6.07, 6.45) is 3.91. The van der Waals surface area contributed by atoms with Crippen molar-refractivity contribution in [1.29, 1.82) is 0 Å². The average Bonchev–Trinajstić information content (AvgIpc) is 3.31. The lowest BCUT2D eigenvalue weighted by atomic mass is 9.94. The van der Waals surface area contributed by atoms with Gasteiger partial charge in [-0.3, -0.25) is 9.59 Å². The molecule has 0 aliphatic carbocycles. The largest absolute Gasteiger partial charge is 0.464 e. The van der Waals surface area contributed by atoms with Crippen molar-refractivity contribution in [3.8, 4) is 16.9 Å². The van der Waals surface area contributed by atoms with Crippen LogP contribution in [0.1, 0.15) is 34.3 Å². The van der Waals surface area contributed by atoms with Crippen LogP contribution in [0.3, 0.4) is 0 Å². The minimum absolute atomic E-state index is 0.00940. The highest BCUT2D eigenvalue weighted by Gasteiger charge is 2.33. The fraction of sp³-hybridized carbons (Fsp3) is 0.333. The number of carbonyl (C=O) groups excluding carboxylic acids is 2. The Hall–Kier alpha value is -4.10. The fourth-order valence-corrected chi connectivity index (χ4v) is 5.88. The van der Waals surface area contributed by atoms with Gasteiger partial charge in [0.05, 0.1) is 13.0 Å². The van der Waals surface area contributed by atoms with Gasteiger partial charge in [-0.15, -0.1) is 0 Å². The molecule has 7 nitrogen and oxygen atoms in total. The third-order valence-electron chi connectivity index (χ3n) is 8.18. The number of aromatic nitrogens is 1. The quantitative estimate of drug-likeness (QED) is 0.348. The number of fused-ring (bicyclic) bond motifs is 2. The molecule has 1 atom stereocenters. The van der Waals surface area contributed by atoms with Crippen molar-refractivity contribution in [2.75, 3.05) is 27.2 Å². The first kappa shape index (κ1) is 26.1. The SMILES string of the molecule is CN(C)C(=O)c1ccc(-c2ccc3c(c2)COC(C2CCN(C(=O)Cc4cn(C)c5ccccc45)CC2)O3)cc1. The van der Waals surface area contributed by atoms with Crippen molar-refractivity contribution >= 4 is 22.7 Å². The molecule has 0 saturated carbocycles. The van der Waals surface area contributed by atoms with E-state index in [-0.39, 0.29) is 24.0 Å². The monoisotopic (exact) mass is 537 g/mol. The number of hydrogen-bond donors (Lipinski definition) is 0. The van der Waals surface area contributed by atoms with Gasteiger partial charge in [0, 0.05) is 68.4 Å². The smallest absolute Gasteiger partial charge is 0.253 e. The van der Waals surface area contributed by atoms with Gasteiger partial charge in [-0.1, -0.05) is 36.4 Å². The molecular weight excluding hydrogens is 502 g/mol. The Balaban J connectivity index is 1.05. The molecule has 7 heteroatoms. The number of rotatable bonds is 5. The van der Waals surface area contributed by atoms with E-state index in [0.717, 1.165) is 64.8 Å². The molecule has 2 aliphatic rings. The molecular formula is C33H35N3O4. The first-order chi connectivity index (χ1) is 19.4. The molecule has 6 rings (SSSR count). The highest BCUT2D eigenvalue weighted by Crippen LogP contribution is 2.35. The summed E-state index contributed by atoms with van der Waals surface area (Å²) in [7, 11) is 5.53. The maximum atomic E-state index is 13.1. The number of likely N-dealkylation sites (tertiary alicyclic amines) is 1. The van der Waals surface area contributed by atoms with E-state index in [9.17, 15) is 9.59 Å². The molecule has 0 N–H and O–H groups in total. The standard InChI is InChI=1S/C33H35N3O4/c1-34(2)32(38)23-10-8-22(9-11-23)25-12-13-30-27(18-25)21-39-33(40-30)24-14-16-36(17-15-24)31(37)19-26-20-35(3)29-7-5-4-6-28(26)29/h4-13,18,20,24,33H,14-17,19,21H2,1-3H3. The van der Waals surface area contributed by atoms with Gasteiger partial charge in [0.25, 0.3) is 5.91 Å². The van der Waals surface area contributed by atoms with Crippen molar-refractivity contribution in [3.05, 3.63) is 89.6 Å². The van der Waals surface area contributed by atoms with E-state index < -0.39 is 0 Å². The molecule has 2 amide bonds. The number of benzene rings is 3. The molecule has 3 aromatic carbocycles. The van der Waals surface area contributed by atoms with Crippen LogP contribution >= 0.6 is 0 Å². The number of hydrogen-bond acceptors (Lipinski definition) is 4. The molecule has 1 saturated heterocycles. The maximum Gasteiger partial charge on any atom is 0.253 e. The Morgan fingerprint density at radius 2 is 1.68 bits per heavy atom. The third-order valence-corrected chi connectivity index (χ3v) is 8.18. The van der Waals surface area contributed by atoms with Crippen LogP contribution in [0.2, 0.25) is 0 Å². The lowest BCUT2D eigenvalue weighted by Crippen LogP contribution is -2.44. The van der Waals surface area contributed by atoms with Crippen molar-refractivity contribution in [2.45, 2.75) is 32.2 Å². The summed E-state index contributed by atoms with van der Waals surface area (Å²) in [6.45, 7) is 1.93. The van der Waals surface area contributed by atoms with Crippen molar-refractivity contribution in [1.82, 2.24) is 14.4 Å². The summed E-state index contributed by atoms with van der Waals surface area (Å²) in [6, 6.07) is 22.1. The van der Waals surface area contributed by atoms with Crippen LogP contribution in [-0.4, -0.2) is 59.7 Å². The van der Waals surface area contributed by atoms with Crippen LogP contribution in [0.15, 0.2) is 72.9 Å². The second-order valence-corrected chi connectivity index (χ2v) is 11.1. The Labute approximate surface area is 234 Å². The molecule has 1 unspecified atom stereocenters. The lowest BCUT2D eigenvalue weighted by molar-refractivity contribution is -0.154. The molecule has 3 heterocycles. The lowest BCUT2D eigenvalue weighted by Gasteiger charge is -2.37. The van der Waals surface area contributed by atoms with Crippen molar-refractivity contribution in [2.24, 2.45) is 13.0 Å². The maximum absolute atomic E-state index is 13.1. The summed E-state index contributed by atoms with van der Waals surface area (Å²) in [5, 5.41) is 1.15. The van der Waals surface area contributed by atoms with Crippen LogP contribution in [-0.2, 0) is 29.6 Å². The van der Waals surface area contributed by atoms with Crippen LogP contribution < -0.4 is 4.74 Å². The fourth-order valence-electron chi connectivity index (χ4n) is 5.88. The van der Waals surface area contributed by atoms with Crippen LogP contribution in [0.5, 0.6) is 5.75 Å². The van der Waals surface area contributed by atoms with Crippen molar-refractivity contribution < 1.29 is 19.1 Å². The number of amides is 2. The normalized spacial score (nSPS) is 17.4. The van der Waals surface area contributed by atoms with Gasteiger partial charge in [-0.05, 0) is 59.9 Å². The third kappa shape index (κ3) is 5.09. The van der Waals surface area contributed by atoms with E-state index in [2.05, 4.69) is 35.0 Å². The molecule has 1 fully saturated rings.